The predicted octanol–water partition coefficient (Wildman–Crippen LogP) is 5.92. The Hall–Kier alpha value is -2.33. The molecular formula is C26H28ClF3O6. The van der Waals surface area contributed by atoms with Crippen LogP contribution in [0.3, 0.4) is 0 Å². The number of hydrogen-bond acceptors (Lipinski definition) is 6. The summed E-state index contributed by atoms with van der Waals surface area (Å²) in [7, 11) is 1.31. The molecule has 0 saturated carbocycles. The number of benzene rings is 2. The number of rotatable bonds is 9. The van der Waals surface area contributed by atoms with Gasteiger partial charge in [0.1, 0.15) is 5.75 Å². The molecule has 2 aromatic rings. The van der Waals surface area contributed by atoms with Crippen molar-refractivity contribution in [2.24, 2.45) is 0 Å². The summed E-state index contributed by atoms with van der Waals surface area (Å²) in [6.07, 6.45) is -2.07. The van der Waals surface area contributed by atoms with Crippen LogP contribution in [0.15, 0.2) is 42.5 Å². The summed E-state index contributed by atoms with van der Waals surface area (Å²) in [4.78, 5) is 12.7. The Bertz CT molecular complexity index is 1080. The number of fused-ring (bicyclic) bond motifs is 2. The van der Waals surface area contributed by atoms with E-state index in [0.717, 1.165) is 24.0 Å². The smallest absolute Gasteiger partial charge is 0.467 e. The largest absolute Gasteiger partial charge is 0.573 e. The van der Waals surface area contributed by atoms with E-state index in [1.165, 1.54) is 19.2 Å². The fourth-order valence-electron chi connectivity index (χ4n) is 4.67. The van der Waals surface area contributed by atoms with Gasteiger partial charge in [0.25, 0.3) is 0 Å². The second kappa shape index (κ2) is 10.6. The van der Waals surface area contributed by atoms with E-state index in [2.05, 4.69) is 11.7 Å². The topological polar surface area (TPSA) is 63.2 Å². The second-order valence-corrected chi connectivity index (χ2v) is 9.47. The van der Waals surface area contributed by atoms with Crippen molar-refractivity contribution in [1.82, 2.24) is 0 Å². The van der Waals surface area contributed by atoms with Gasteiger partial charge in [-0.3, -0.25) is 0 Å². The van der Waals surface area contributed by atoms with Gasteiger partial charge in [0.15, 0.2) is 11.4 Å². The molecule has 0 N–H and O–H groups in total. The van der Waals surface area contributed by atoms with E-state index in [4.69, 9.17) is 30.5 Å². The highest BCUT2D eigenvalue weighted by molar-refractivity contribution is 6.31. The van der Waals surface area contributed by atoms with Crippen LogP contribution in [-0.2, 0) is 35.9 Å². The van der Waals surface area contributed by atoms with Crippen molar-refractivity contribution >= 4 is 17.6 Å². The van der Waals surface area contributed by atoms with Crippen molar-refractivity contribution < 1.29 is 41.7 Å². The van der Waals surface area contributed by atoms with Crippen LogP contribution in [-0.4, -0.2) is 44.4 Å². The van der Waals surface area contributed by atoms with E-state index in [1.54, 1.807) is 24.3 Å². The third-order valence-corrected chi connectivity index (χ3v) is 6.77. The number of ether oxygens (including phenoxy) is 5. The standard InChI is InChI=1S/C26H28ClF3O6/c1-3-4-11-33-21-14-24(23(31)32-2)16-34-25(15-21,36-24)19-7-10-22(27)18(13-19)12-17-5-8-20(9-6-17)35-26(28,29)30/h5-10,13,21H,3-4,11-12,14-16H2,1-2H3/t21-,24+,25+/m0/s1. The Morgan fingerprint density at radius 3 is 2.58 bits per heavy atom. The van der Waals surface area contributed by atoms with Gasteiger partial charge in [-0.05, 0) is 48.2 Å². The van der Waals surface area contributed by atoms with Gasteiger partial charge in [0.2, 0.25) is 0 Å². The lowest BCUT2D eigenvalue weighted by Gasteiger charge is -2.40. The Balaban J connectivity index is 1.59. The number of halogens is 4. The molecule has 3 atom stereocenters. The fourth-order valence-corrected chi connectivity index (χ4v) is 4.85. The number of carbonyl (C=O) groups is 1. The van der Waals surface area contributed by atoms with E-state index in [-0.39, 0.29) is 18.5 Å². The summed E-state index contributed by atoms with van der Waals surface area (Å²) >= 11 is 6.46. The molecule has 0 amide bonds. The summed E-state index contributed by atoms with van der Waals surface area (Å²) in [6, 6.07) is 10.9. The lowest BCUT2D eigenvalue weighted by Crippen LogP contribution is -2.51. The summed E-state index contributed by atoms with van der Waals surface area (Å²) in [5.74, 6) is -2.02. The zero-order valence-electron chi connectivity index (χ0n) is 20.0. The van der Waals surface area contributed by atoms with E-state index in [9.17, 15) is 18.0 Å². The molecule has 0 radical (unpaired) electrons. The Labute approximate surface area is 212 Å². The number of unbranched alkanes of at least 4 members (excludes halogenated alkanes) is 1. The van der Waals surface area contributed by atoms with E-state index in [0.29, 0.717) is 36.5 Å². The van der Waals surface area contributed by atoms with Crippen molar-refractivity contribution in [2.75, 3.05) is 20.3 Å². The maximum Gasteiger partial charge on any atom is 0.573 e. The first kappa shape index (κ1) is 26.7. The minimum absolute atomic E-state index is 0.0337. The second-order valence-electron chi connectivity index (χ2n) is 9.06. The number of methoxy groups -OCH3 is 1. The van der Waals surface area contributed by atoms with Crippen LogP contribution in [0.25, 0.3) is 0 Å². The average Bonchev–Trinajstić information content (AvgIpc) is 3.13. The van der Waals surface area contributed by atoms with Gasteiger partial charge in [-0.2, -0.15) is 0 Å². The SMILES string of the molecule is CCCCO[C@H]1C[C@]2(C(=O)OC)CO[C@](c3ccc(Cl)c(Cc4ccc(OC(F)(F)F)cc4)c3)(C1)O2. The molecule has 0 unspecified atom stereocenters. The third-order valence-electron chi connectivity index (χ3n) is 6.40. The summed E-state index contributed by atoms with van der Waals surface area (Å²) in [6.45, 7) is 2.67. The van der Waals surface area contributed by atoms with Crippen molar-refractivity contribution in [3.05, 3.63) is 64.2 Å². The molecule has 2 saturated heterocycles. The van der Waals surface area contributed by atoms with Gasteiger partial charge < -0.3 is 23.7 Å². The van der Waals surface area contributed by atoms with Gasteiger partial charge in [-0.15, -0.1) is 13.2 Å². The van der Waals surface area contributed by atoms with Crippen molar-refractivity contribution in [3.8, 4) is 5.75 Å². The van der Waals surface area contributed by atoms with Gasteiger partial charge in [0.05, 0.1) is 19.8 Å². The molecule has 2 aliphatic heterocycles. The number of esters is 1. The summed E-state index contributed by atoms with van der Waals surface area (Å²) < 4.78 is 64.9. The Morgan fingerprint density at radius 2 is 1.92 bits per heavy atom. The van der Waals surface area contributed by atoms with E-state index < -0.39 is 23.7 Å². The molecule has 10 heteroatoms. The lowest BCUT2D eigenvalue weighted by molar-refractivity contribution is -0.274. The minimum Gasteiger partial charge on any atom is -0.467 e. The van der Waals surface area contributed by atoms with Crippen molar-refractivity contribution in [2.45, 2.75) is 62.9 Å². The first-order valence-electron chi connectivity index (χ1n) is 11.8. The molecule has 2 bridgehead atoms. The molecular weight excluding hydrogens is 501 g/mol. The third kappa shape index (κ3) is 5.80. The molecule has 2 aromatic carbocycles. The van der Waals surface area contributed by atoms with Crippen LogP contribution in [0.5, 0.6) is 5.75 Å². The van der Waals surface area contributed by atoms with E-state index in [1.807, 2.05) is 6.07 Å². The molecule has 6 nitrogen and oxygen atoms in total. The predicted molar refractivity (Wildman–Crippen MR) is 125 cm³/mol. The molecule has 196 valence electrons. The molecule has 2 heterocycles. The first-order valence-corrected chi connectivity index (χ1v) is 12.1. The van der Waals surface area contributed by atoms with Crippen molar-refractivity contribution in [1.29, 1.82) is 0 Å². The number of carbonyl (C=O) groups excluding carboxylic acids is 1. The van der Waals surface area contributed by atoms with Gasteiger partial charge in [-0.25, -0.2) is 4.79 Å². The quantitative estimate of drug-likeness (QED) is 0.297. The molecule has 4 rings (SSSR count). The van der Waals surface area contributed by atoms with Gasteiger partial charge in [-0.1, -0.05) is 43.1 Å². The Kier molecular flexibility index (Phi) is 7.85. The molecule has 2 fully saturated rings. The van der Waals surface area contributed by atoms with Gasteiger partial charge >= 0.3 is 12.3 Å². The van der Waals surface area contributed by atoms with Crippen LogP contribution < -0.4 is 4.74 Å². The molecule has 0 aliphatic carbocycles. The highest BCUT2D eigenvalue weighted by Gasteiger charge is 2.62. The highest BCUT2D eigenvalue weighted by Crippen LogP contribution is 2.51. The van der Waals surface area contributed by atoms with Crippen LogP contribution in [0.4, 0.5) is 13.2 Å². The maximum absolute atomic E-state index is 12.7. The minimum atomic E-state index is -4.75. The number of alkyl halides is 3. The van der Waals surface area contributed by atoms with Crippen LogP contribution in [0.2, 0.25) is 5.02 Å². The molecule has 36 heavy (non-hydrogen) atoms. The fraction of sp³-hybridized carbons (Fsp3) is 0.500. The van der Waals surface area contributed by atoms with E-state index >= 15 is 0 Å². The molecule has 2 aliphatic rings. The molecule has 0 spiro atoms. The summed E-state index contributed by atoms with van der Waals surface area (Å²) in [5.41, 5.74) is 0.874. The van der Waals surface area contributed by atoms with Crippen LogP contribution in [0.1, 0.15) is 49.3 Å². The summed E-state index contributed by atoms with van der Waals surface area (Å²) in [5, 5.41) is 0.481. The highest BCUT2D eigenvalue weighted by atomic mass is 35.5. The van der Waals surface area contributed by atoms with Gasteiger partial charge in [0, 0.05) is 30.0 Å². The zero-order valence-corrected chi connectivity index (χ0v) is 20.8. The first-order chi connectivity index (χ1) is 17.1. The Morgan fingerprint density at radius 1 is 1.17 bits per heavy atom. The van der Waals surface area contributed by atoms with Crippen molar-refractivity contribution in [3.63, 3.8) is 0 Å². The zero-order chi connectivity index (χ0) is 26.0. The van der Waals surface area contributed by atoms with Crippen LogP contribution >= 0.6 is 11.6 Å². The van der Waals surface area contributed by atoms with Crippen LogP contribution in [0, 0.1) is 0 Å². The lowest BCUT2D eigenvalue weighted by atomic mass is 9.87. The number of hydrogen-bond donors (Lipinski definition) is 0. The average molecular weight is 529 g/mol. The monoisotopic (exact) mass is 528 g/mol. The maximum atomic E-state index is 12.7. The normalized spacial score (nSPS) is 25.6. The molecule has 0 aromatic heterocycles.